The maximum Gasteiger partial charge on any atom is 0.254 e. The van der Waals surface area contributed by atoms with Crippen LogP contribution in [0.3, 0.4) is 0 Å². The van der Waals surface area contributed by atoms with E-state index in [1.807, 2.05) is 23.1 Å². The minimum Gasteiger partial charge on any atom is -0.454 e. The number of benzene rings is 2. The summed E-state index contributed by atoms with van der Waals surface area (Å²) in [5.41, 5.74) is 1.58. The third kappa shape index (κ3) is 4.01. The fourth-order valence-corrected chi connectivity index (χ4v) is 3.81. The molecule has 1 fully saturated rings. The van der Waals surface area contributed by atoms with E-state index in [9.17, 15) is 4.79 Å². The highest BCUT2D eigenvalue weighted by molar-refractivity contribution is 5.95. The number of fused-ring (bicyclic) bond motifs is 2. The third-order valence-corrected chi connectivity index (χ3v) is 5.51. The Labute approximate surface area is 174 Å². The van der Waals surface area contributed by atoms with Crippen LogP contribution in [0.2, 0.25) is 0 Å². The molecule has 1 saturated heterocycles. The Balaban J connectivity index is 1.35. The Morgan fingerprint density at radius 2 is 1.53 bits per heavy atom. The third-order valence-electron chi connectivity index (χ3n) is 5.51. The van der Waals surface area contributed by atoms with Gasteiger partial charge in [-0.2, -0.15) is 0 Å². The second kappa shape index (κ2) is 8.41. The van der Waals surface area contributed by atoms with E-state index in [1.165, 1.54) is 0 Å². The molecule has 0 N–H and O–H groups in total. The number of rotatable bonds is 6. The van der Waals surface area contributed by atoms with Gasteiger partial charge < -0.3 is 28.6 Å². The van der Waals surface area contributed by atoms with Gasteiger partial charge in [0.2, 0.25) is 13.6 Å². The standard InChI is InChI=1S/C22H24N2O6/c25-22(17-2-4-19-21(12-17)30-15-28-19)24(6-5-23-7-9-26-10-8-23)13-16-1-3-18-20(11-16)29-14-27-18/h1-4,11-12H,5-10,13-15H2. The van der Waals surface area contributed by atoms with Crippen molar-refractivity contribution < 1.29 is 28.5 Å². The summed E-state index contributed by atoms with van der Waals surface area (Å²) in [5, 5.41) is 0. The van der Waals surface area contributed by atoms with Gasteiger partial charge in [0.25, 0.3) is 5.91 Å². The van der Waals surface area contributed by atoms with E-state index in [2.05, 4.69) is 4.90 Å². The molecule has 0 aliphatic carbocycles. The van der Waals surface area contributed by atoms with Gasteiger partial charge in [-0.1, -0.05) is 6.07 Å². The molecule has 0 unspecified atom stereocenters. The van der Waals surface area contributed by atoms with Crippen molar-refractivity contribution in [2.24, 2.45) is 0 Å². The van der Waals surface area contributed by atoms with E-state index in [4.69, 9.17) is 23.7 Å². The van der Waals surface area contributed by atoms with Crippen LogP contribution in [-0.2, 0) is 11.3 Å². The molecule has 8 nitrogen and oxygen atoms in total. The van der Waals surface area contributed by atoms with Crippen LogP contribution in [0.1, 0.15) is 15.9 Å². The van der Waals surface area contributed by atoms with Crippen molar-refractivity contribution in [3.63, 3.8) is 0 Å². The van der Waals surface area contributed by atoms with Gasteiger partial charge in [0.05, 0.1) is 13.2 Å². The first-order chi connectivity index (χ1) is 14.8. The van der Waals surface area contributed by atoms with Crippen LogP contribution in [0.25, 0.3) is 0 Å². The van der Waals surface area contributed by atoms with Crippen molar-refractivity contribution in [2.75, 3.05) is 53.0 Å². The highest BCUT2D eigenvalue weighted by Gasteiger charge is 2.23. The molecule has 158 valence electrons. The van der Waals surface area contributed by atoms with E-state index >= 15 is 0 Å². The topological polar surface area (TPSA) is 69.7 Å². The molecular weight excluding hydrogens is 388 g/mol. The smallest absolute Gasteiger partial charge is 0.254 e. The quantitative estimate of drug-likeness (QED) is 0.720. The Morgan fingerprint density at radius 3 is 2.30 bits per heavy atom. The monoisotopic (exact) mass is 412 g/mol. The van der Waals surface area contributed by atoms with Gasteiger partial charge in [0.1, 0.15) is 0 Å². The fourth-order valence-electron chi connectivity index (χ4n) is 3.81. The molecule has 3 aliphatic rings. The van der Waals surface area contributed by atoms with Crippen molar-refractivity contribution in [2.45, 2.75) is 6.54 Å². The van der Waals surface area contributed by atoms with Gasteiger partial charge in [-0.05, 0) is 35.9 Å². The minimum atomic E-state index is -0.0424. The van der Waals surface area contributed by atoms with Crippen molar-refractivity contribution >= 4 is 5.91 Å². The van der Waals surface area contributed by atoms with E-state index in [0.717, 1.165) is 49.9 Å². The zero-order chi connectivity index (χ0) is 20.3. The number of ether oxygens (including phenoxy) is 5. The summed E-state index contributed by atoms with van der Waals surface area (Å²) < 4.78 is 27.1. The molecule has 1 amide bonds. The first-order valence-corrected chi connectivity index (χ1v) is 10.1. The second-order valence-corrected chi connectivity index (χ2v) is 7.44. The summed E-state index contributed by atoms with van der Waals surface area (Å²) in [6.45, 7) is 5.55. The highest BCUT2D eigenvalue weighted by Crippen LogP contribution is 2.34. The number of carbonyl (C=O) groups is 1. The summed E-state index contributed by atoms with van der Waals surface area (Å²) in [5.74, 6) is 2.69. The summed E-state index contributed by atoms with van der Waals surface area (Å²) in [6.07, 6.45) is 0. The van der Waals surface area contributed by atoms with Crippen molar-refractivity contribution in [1.29, 1.82) is 0 Å². The minimum absolute atomic E-state index is 0.0424. The Bertz CT molecular complexity index is 928. The van der Waals surface area contributed by atoms with E-state index in [-0.39, 0.29) is 19.5 Å². The number of amides is 1. The lowest BCUT2D eigenvalue weighted by Gasteiger charge is -2.30. The highest BCUT2D eigenvalue weighted by atomic mass is 16.7. The molecule has 30 heavy (non-hydrogen) atoms. The molecule has 8 heteroatoms. The van der Waals surface area contributed by atoms with Crippen LogP contribution >= 0.6 is 0 Å². The Hall–Kier alpha value is -2.97. The van der Waals surface area contributed by atoms with E-state index in [0.29, 0.717) is 30.2 Å². The zero-order valence-electron chi connectivity index (χ0n) is 16.7. The zero-order valence-corrected chi connectivity index (χ0v) is 16.7. The van der Waals surface area contributed by atoms with E-state index < -0.39 is 0 Å². The van der Waals surface area contributed by atoms with Gasteiger partial charge in [-0.25, -0.2) is 0 Å². The van der Waals surface area contributed by atoms with Gasteiger partial charge in [-0.15, -0.1) is 0 Å². The van der Waals surface area contributed by atoms with Crippen LogP contribution in [0.4, 0.5) is 0 Å². The molecule has 0 radical (unpaired) electrons. The molecule has 0 bridgehead atoms. The molecule has 2 aromatic carbocycles. The lowest BCUT2D eigenvalue weighted by molar-refractivity contribution is 0.0320. The Morgan fingerprint density at radius 1 is 0.867 bits per heavy atom. The van der Waals surface area contributed by atoms with Crippen LogP contribution in [0.15, 0.2) is 36.4 Å². The largest absolute Gasteiger partial charge is 0.454 e. The van der Waals surface area contributed by atoms with Gasteiger partial charge >= 0.3 is 0 Å². The van der Waals surface area contributed by atoms with Crippen molar-refractivity contribution in [1.82, 2.24) is 9.80 Å². The average Bonchev–Trinajstić information content (AvgIpc) is 3.45. The molecule has 3 aliphatic heterocycles. The number of hydrogen-bond donors (Lipinski definition) is 0. The lowest BCUT2D eigenvalue weighted by atomic mass is 10.1. The predicted octanol–water partition coefficient (Wildman–Crippen LogP) is 2.12. The summed E-state index contributed by atoms with van der Waals surface area (Å²) >= 11 is 0. The Kier molecular flexibility index (Phi) is 5.33. The van der Waals surface area contributed by atoms with Crippen LogP contribution < -0.4 is 18.9 Å². The fraction of sp³-hybridized carbons (Fsp3) is 0.409. The maximum atomic E-state index is 13.4. The molecule has 3 heterocycles. The van der Waals surface area contributed by atoms with Gasteiger partial charge in [-0.3, -0.25) is 9.69 Å². The van der Waals surface area contributed by atoms with E-state index in [1.54, 1.807) is 18.2 Å². The number of nitrogens with zero attached hydrogens (tertiary/aromatic N) is 2. The maximum absolute atomic E-state index is 13.4. The SMILES string of the molecule is O=C(c1ccc2c(c1)OCO2)N(CCN1CCOCC1)Cc1ccc2c(c1)OCO2. The summed E-state index contributed by atoms with van der Waals surface area (Å²) in [7, 11) is 0. The van der Waals surface area contributed by atoms with Crippen molar-refractivity contribution in [3.05, 3.63) is 47.5 Å². The van der Waals surface area contributed by atoms with Crippen LogP contribution in [0, 0.1) is 0 Å². The van der Waals surface area contributed by atoms with Gasteiger partial charge in [0.15, 0.2) is 23.0 Å². The molecule has 0 saturated carbocycles. The number of carbonyl (C=O) groups excluding carboxylic acids is 1. The second-order valence-electron chi connectivity index (χ2n) is 7.44. The first kappa shape index (κ1) is 19.0. The molecule has 5 rings (SSSR count). The van der Waals surface area contributed by atoms with Crippen LogP contribution in [-0.4, -0.2) is 68.7 Å². The first-order valence-electron chi connectivity index (χ1n) is 10.1. The average molecular weight is 412 g/mol. The summed E-state index contributed by atoms with van der Waals surface area (Å²) in [4.78, 5) is 17.6. The molecule has 0 spiro atoms. The van der Waals surface area contributed by atoms with Crippen molar-refractivity contribution in [3.8, 4) is 23.0 Å². The molecule has 2 aromatic rings. The lowest BCUT2D eigenvalue weighted by Crippen LogP contribution is -2.42. The molecule has 0 aromatic heterocycles. The van der Waals surface area contributed by atoms with Gasteiger partial charge in [0, 0.05) is 38.3 Å². The van der Waals surface area contributed by atoms with Crippen LogP contribution in [0.5, 0.6) is 23.0 Å². The molecule has 0 atom stereocenters. The predicted molar refractivity (Wildman–Crippen MR) is 107 cm³/mol. The number of hydrogen-bond acceptors (Lipinski definition) is 7. The number of morpholine rings is 1. The summed E-state index contributed by atoms with van der Waals surface area (Å²) in [6, 6.07) is 11.1. The molecular formula is C22H24N2O6. The normalized spacial score (nSPS) is 17.2.